The number of aliphatic carboxylic acids is 1. The van der Waals surface area contributed by atoms with Crippen molar-refractivity contribution in [3.63, 3.8) is 0 Å². The average molecular weight is 432 g/mol. The number of likely N-dealkylation sites (tertiary alicyclic amines) is 1. The van der Waals surface area contributed by atoms with E-state index in [1.54, 1.807) is 31.5 Å². The average Bonchev–Trinajstić information content (AvgIpc) is 3.03. The number of alkyl halides is 2. The number of carboxylic acids is 1. The monoisotopic (exact) mass is 432 g/mol. The number of nitrogens with zero attached hydrogens (tertiary/aromatic N) is 2. The molecular weight excluding hydrogens is 414 g/mol. The first kappa shape index (κ1) is 20.7. The van der Waals surface area contributed by atoms with Crippen molar-refractivity contribution >= 4 is 17.8 Å². The van der Waals surface area contributed by atoms with Crippen LogP contribution < -0.4 is 9.47 Å². The molecule has 31 heavy (non-hydrogen) atoms. The summed E-state index contributed by atoms with van der Waals surface area (Å²) < 4.78 is 35.1. The minimum absolute atomic E-state index is 0.116. The number of aromatic nitrogens is 1. The Labute approximate surface area is 175 Å². The van der Waals surface area contributed by atoms with Gasteiger partial charge in [0.1, 0.15) is 6.04 Å². The Morgan fingerprint density at radius 1 is 1.19 bits per heavy atom. The number of β-lactam (4-membered cyclic amide) rings is 1. The Morgan fingerprint density at radius 2 is 1.87 bits per heavy atom. The van der Waals surface area contributed by atoms with E-state index in [9.17, 15) is 28.3 Å². The van der Waals surface area contributed by atoms with Crippen molar-refractivity contribution in [2.45, 2.75) is 38.0 Å². The van der Waals surface area contributed by atoms with Crippen molar-refractivity contribution in [3.05, 3.63) is 53.9 Å². The summed E-state index contributed by atoms with van der Waals surface area (Å²) in [6.07, 6.45) is -0.648. The molecule has 2 aliphatic rings. The topological polar surface area (TPSA) is 106 Å². The Morgan fingerprint density at radius 3 is 2.55 bits per heavy atom. The lowest BCUT2D eigenvalue weighted by molar-refractivity contribution is -0.286. The number of hydrogen-bond acceptors (Lipinski definition) is 6. The van der Waals surface area contributed by atoms with E-state index in [-0.39, 0.29) is 24.3 Å². The Kier molecular flexibility index (Phi) is 5.08. The van der Waals surface area contributed by atoms with Gasteiger partial charge >= 0.3 is 12.3 Å². The Bertz CT molecular complexity index is 1050. The zero-order valence-corrected chi connectivity index (χ0v) is 16.3. The molecule has 1 saturated heterocycles. The summed E-state index contributed by atoms with van der Waals surface area (Å²) in [5, 5.41) is 9.56. The second-order valence-corrected chi connectivity index (χ2v) is 7.53. The lowest BCUT2D eigenvalue weighted by Gasteiger charge is -2.43. The third-order valence-electron chi connectivity index (χ3n) is 5.42. The SMILES string of the molecule is C[C@@H](CC(=O)N1C(=O)[C@H](Cc2ccncc2)[C@H]1C(=O)O)c1ccc2c(c1)OC(F)(F)O2. The number of benzene rings is 1. The number of amides is 2. The van der Waals surface area contributed by atoms with Crippen LogP contribution in [0, 0.1) is 5.92 Å². The van der Waals surface area contributed by atoms with Crippen LogP contribution in [-0.4, -0.2) is 45.1 Å². The maximum absolute atomic E-state index is 13.2. The highest BCUT2D eigenvalue weighted by Crippen LogP contribution is 2.42. The van der Waals surface area contributed by atoms with Gasteiger partial charge in [0.05, 0.1) is 5.92 Å². The molecule has 1 N–H and O–H groups in total. The maximum Gasteiger partial charge on any atom is 0.586 e. The molecule has 8 nitrogen and oxygen atoms in total. The molecule has 2 aliphatic heterocycles. The molecule has 2 amide bonds. The van der Waals surface area contributed by atoms with Gasteiger partial charge in [-0.1, -0.05) is 13.0 Å². The van der Waals surface area contributed by atoms with E-state index in [2.05, 4.69) is 14.5 Å². The number of imide groups is 1. The zero-order valence-electron chi connectivity index (χ0n) is 16.3. The van der Waals surface area contributed by atoms with E-state index in [4.69, 9.17) is 0 Å². The minimum Gasteiger partial charge on any atom is -0.480 e. The normalized spacial score (nSPS) is 22.0. The first-order chi connectivity index (χ1) is 14.7. The molecule has 0 bridgehead atoms. The standard InChI is InChI=1S/C21H18F2N2O6/c1-11(13-2-3-15-16(10-13)31-21(22,23)30-15)8-17(26)25-18(20(28)29)14(19(25)27)9-12-4-6-24-7-5-12/h2-7,10-11,14,18H,8-9H2,1H3,(H,28,29)/t11-,14+,18-/m0/s1. The molecule has 3 atom stereocenters. The van der Waals surface area contributed by atoms with Gasteiger partial charge in [-0.2, -0.15) is 0 Å². The number of carbonyl (C=O) groups is 3. The van der Waals surface area contributed by atoms with Crippen LogP contribution in [0.3, 0.4) is 0 Å². The highest BCUT2D eigenvalue weighted by atomic mass is 19.3. The van der Waals surface area contributed by atoms with E-state index in [1.807, 2.05) is 0 Å². The fourth-order valence-electron chi connectivity index (χ4n) is 3.83. The van der Waals surface area contributed by atoms with Gasteiger partial charge in [-0.15, -0.1) is 8.78 Å². The molecule has 1 fully saturated rings. The van der Waals surface area contributed by atoms with Crippen molar-refractivity contribution in [1.82, 2.24) is 9.88 Å². The van der Waals surface area contributed by atoms with Gasteiger partial charge in [-0.3, -0.25) is 19.5 Å². The smallest absolute Gasteiger partial charge is 0.480 e. The summed E-state index contributed by atoms with van der Waals surface area (Å²) in [6, 6.07) is 6.28. The number of carboxylic acid groups (broad SMARTS) is 1. The number of pyridine rings is 1. The Hall–Kier alpha value is -3.56. The number of carbonyl (C=O) groups excluding carboxylic acids is 2. The summed E-state index contributed by atoms with van der Waals surface area (Å²) in [4.78, 5) is 41.7. The Balaban J connectivity index is 1.44. The van der Waals surface area contributed by atoms with Crippen molar-refractivity contribution in [2.24, 2.45) is 5.92 Å². The quantitative estimate of drug-likeness (QED) is 0.700. The molecule has 1 aromatic heterocycles. The number of ether oxygens (including phenoxy) is 2. The number of fused-ring (bicyclic) bond motifs is 1. The summed E-state index contributed by atoms with van der Waals surface area (Å²) >= 11 is 0. The van der Waals surface area contributed by atoms with Gasteiger partial charge in [0.2, 0.25) is 11.8 Å². The molecule has 4 rings (SSSR count). The van der Waals surface area contributed by atoms with Gasteiger partial charge in [0.25, 0.3) is 0 Å². The van der Waals surface area contributed by atoms with Crippen LogP contribution in [0.1, 0.15) is 30.4 Å². The van der Waals surface area contributed by atoms with Crippen molar-refractivity contribution < 1.29 is 37.7 Å². The molecule has 0 radical (unpaired) electrons. The largest absolute Gasteiger partial charge is 0.586 e. The van der Waals surface area contributed by atoms with Gasteiger partial charge in [0.15, 0.2) is 11.5 Å². The summed E-state index contributed by atoms with van der Waals surface area (Å²) in [7, 11) is 0. The molecule has 10 heteroatoms. The van der Waals surface area contributed by atoms with Crippen LogP contribution in [0.2, 0.25) is 0 Å². The van der Waals surface area contributed by atoms with Crippen LogP contribution in [-0.2, 0) is 20.8 Å². The highest BCUT2D eigenvalue weighted by molar-refractivity contribution is 6.08. The van der Waals surface area contributed by atoms with Crippen LogP contribution in [0.5, 0.6) is 11.5 Å². The fraction of sp³-hybridized carbons (Fsp3) is 0.333. The molecule has 1 aromatic carbocycles. The maximum atomic E-state index is 13.2. The van der Waals surface area contributed by atoms with Crippen molar-refractivity contribution in [2.75, 3.05) is 0 Å². The van der Waals surface area contributed by atoms with E-state index in [0.29, 0.717) is 5.56 Å². The second-order valence-electron chi connectivity index (χ2n) is 7.53. The van der Waals surface area contributed by atoms with Crippen LogP contribution in [0.25, 0.3) is 0 Å². The van der Waals surface area contributed by atoms with Gasteiger partial charge in [-0.25, -0.2) is 4.79 Å². The predicted molar refractivity (Wildman–Crippen MR) is 100 cm³/mol. The molecule has 0 spiro atoms. The summed E-state index contributed by atoms with van der Waals surface area (Å²) in [5.41, 5.74) is 1.26. The number of halogens is 2. The minimum atomic E-state index is -3.75. The van der Waals surface area contributed by atoms with E-state index in [0.717, 1.165) is 10.5 Å². The first-order valence-electron chi connectivity index (χ1n) is 9.53. The zero-order chi connectivity index (χ0) is 22.3. The molecule has 0 saturated carbocycles. The van der Waals surface area contributed by atoms with Gasteiger partial charge in [0, 0.05) is 18.8 Å². The van der Waals surface area contributed by atoms with E-state index < -0.39 is 42.0 Å². The van der Waals surface area contributed by atoms with Gasteiger partial charge < -0.3 is 14.6 Å². The molecule has 0 aliphatic carbocycles. The molecular formula is C21H18F2N2O6. The molecule has 2 aromatic rings. The first-order valence-corrected chi connectivity index (χ1v) is 9.53. The summed E-state index contributed by atoms with van der Waals surface area (Å²) in [5.74, 6) is -4.03. The third kappa shape index (κ3) is 3.92. The lowest BCUT2D eigenvalue weighted by Crippen LogP contribution is -2.66. The van der Waals surface area contributed by atoms with Crippen LogP contribution in [0.15, 0.2) is 42.7 Å². The van der Waals surface area contributed by atoms with Crippen LogP contribution in [0.4, 0.5) is 8.78 Å². The predicted octanol–water partition coefficient (Wildman–Crippen LogP) is 2.58. The van der Waals surface area contributed by atoms with Crippen molar-refractivity contribution in [3.8, 4) is 11.5 Å². The van der Waals surface area contributed by atoms with Crippen LogP contribution >= 0.6 is 0 Å². The van der Waals surface area contributed by atoms with Gasteiger partial charge in [-0.05, 0) is 47.7 Å². The summed E-state index contributed by atoms with van der Waals surface area (Å²) in [6.45, 7) is 1.67. The molecule has 0 unspecified atom stereocenters. The number of hydrogen-bond donors (Lipinski definition) is 1. The fourth-order valence-corrected chi connectivity index (χ4v) is 3.83. The second kappa shape index (κ2) is 7.60. The molecule has 162 valence electrons. The molecule has 3 heterocycles. The third-order valence-corrected chi connectivity index (χ3v) is 5.42. The van der Waals surface area contributed by atoms with Crippen molar-refractivity contribution in [1.29, 1.82) is 0 Å². The number of rotatable bonds is 6. The van der Waals surface area contributed by atoms with E-state index in [1.165, 1.54) is 18.2 Å². The highest BCUT2D eigenvalue weighted by Gasteiger charge is 2.54. The van der Waals surface area contributed by atoms with E-state index >= 15 is 0 Å². The lowest BCUT2D eigenvalue weighted by atomic mass is 9.81.